The topological polar surface area (TPSA) is 74.3 Å². The van der Waals surface area contributed by atoms with Crippen LogP contribution < -0.4 is 15.5 Å². The van der Waals surface area contributed by atoms with Gasteiger partial charge in [-0.05, 0) is 29.8 Å². The maximum Gasteiger partial charge on any atom is 0.270 e. The number of benzene rings is 1. The van der Waals surface area contributed by atoms with Crippen molar-refractivity contribution in [2.45, 2.75) is 13.0 Å². The summed E-state index contributed by atoms with van der Waals surface area (Å²) in [4.78, 5) is 29.9. The molecule has 130 valence electrons. The molecular formula is C18H19FN4O2. The predicted molar refractivity (Wildman–Crippen MR) is 91.6 cm³/mol. The second-order valence-corrected chi connectivity index (χ2v) is 5.80. The largest absolute Gasteiger partial charge is 0.369 e. The van der Waals surface area contributed by atoms with E-state index in [9.17, 15) is 14.0 Å². The van der Waals surface area contributed by atoms with Gasteiger partial charge < -0.3 is 15.5 Å². The maximum absolute atomic E-state index is 12.9. The first kappa shape index (κ1) is 16.9. The number of pyridine rings is 1. The van der Waals surface area contributed by atoms with Crippen molar-refractivity contribution in [3.05, 3.63) is 59.7 Å². The zero-order valence-corrected chi connectivity index (χ0v) is 13.7. The van der Waals surface area contributed by atoms with Crippen LogP contribution >= 0.6 is 0 Å². The van der Waals surface area contributed by atoms with Crippen LogP contribution in [0.3, 0.4) is 0 Å². The average Bonchev–Trinajstić information content (AvgIpc) is 2.86. The van der Waals surface area contributed by atoms with Crippen molar-refractivity contribution in [1.82, 2.24) is 15.6 Å². The summed E-state index contributed by atoms with van der Waals surface area (Å²) in [7, 11) is 0. The van der Waals surface area contributed by atoms with Crippen LogP contribution in [-0.4, -0.2) is 36.4 Å². The van der Waals surface area contributed by atoms with E-state index in [1.54, 1.807) is 24.4 Å². The van der Waals surface area contributed by atoms with E-state index in [1.165, 1.54) is 12.1 Å². The molecule has 0 radical (unpaired) electrons. The molecule has 1 aromatic carbocycles. The van der Waals surface area contributed by atoms with Gasteiger partial charge in [-0.2, -0.15) is 0 Å². The summed E-state index contributed by atoms with van der Waals surface area (Å²) in [5, 5.41) is 5.60. The minimum Gasteiger partial charge on any atom is -0.369 e. The molecule has 1 aliphatic heterocycles. The molecule has 6 nitrogen and oxygen atoms in total. The molecule has 0 spiro atoms. The second-order valence-electron chi connectivity index (χ2n) is 5.80. The Hall–Kier alpha value is -2.96. The van der Waals surface area contributed by atoms with Gasteiger partial charge >= 0.3 is 0 Å². The summed E-state index contributed by atoms with van der Waals surface area (Å²) in [5.41, 5.74) is 1.98. The standard InChI is InChI=1S/C18H19FN4O2/c19-14-3-1-13(2-4-14)12-22-18(25)16-11-15(5-7-20-16)23-9-6-17(24)21-8-10-23/h1-5,7,11H,6,8-10,12H2,(H,21,24)(H,22,25). The Kier molecular flexibility index (Phi) is 5.23. The average molecular weight is 342 g/mol. The van der Waals surface area contributed by atoms with Gasteiger partial charge in [-0.15, -0.1) is 0 Å². The molecule has 7 heteroatoms. The molecule has 2 heterocycles. The summed E-state index contributed by atoms with van der Waals surface area (Å²) >= 11 is 0. The Labute approximate surface area is 145 Å². The first-order valence-corrected chi connectivity index (χ1v) is 8.12. The van der Waals surface area contributed by atoms with Crippen LogP contribution in [-0.2, 0) is 11.3 Å². The fourth-order valence-corrected chi connectivity index (χ4v) is 2.64. The third-order valence-corrected chi connectivity index (χ3v) is 4.02. The zero-order valence-electron chi connectivity index (χ0n) is 13.7. The van der Waals surface area contributed by atoms with Crippen molar-refractivity contribution in [1.29, 1.82) is 0 Å². The predicted octanol–water partition coefficient (Wildman–Crippen LogP) is 1.48. The molecule has 2 aromatic rings. The van der Waals surface area contributed by atoms with Gasteiger partial charge in [0, 0.05) is 44.5 Å². The normalized spacial score (nSPS) is 14.6. The van der Waals surface area contributed by atoms with Crippen molar-refractivity contribution >= 4 is 17.5 Å². The molecule has 1 aliphatic rings. The molecule has 1 aromatic heterocycles. The minimum absolute atomic E-state index is 0.0359. The van der Waals surface area contributed by atoms with Crippen molar-refractivity contribution in [2.24, 2.45) is 0 Å². The van der Waals surface area contributed by atoms with Gasteiger partial charge in [0.1, 0.15) is 11.5 Å². The number of aromatic nitrogens is 1. The molecule has 2 N–H and O–H groups in total. The molecule has 0 unspecified atom stereocenters. The lowest BCUT2D eigenvalue weighted by Gasteiger charge is -2.22. The number of hydrogen-bond acceptors (Lipinski definition) is 4. The van der Waals surface area contributed by atoms with E-state index >= 15 is 0 Å². The summed E-state index contributed by atoms with van der Waals surface area (Å²) in [5.74, 6) is -0.570. The lowest BCUT2D eigenvalue weighted by molar-refractivity contribution is -0.120. The Balaban J connectivity index is 1.64. The third-order valence-electron chi connectivity index (χ3n) is 4.02. The van der Waals surface area contributed by atoms with Crippen LogP contribution in [0.4, 0.5) is 10.1 Å². The second kappa shape index (κ2) is 7.74. The molecule has 2 amide bonds. The highest BCUT2D eigenvalue weighted by Gasteiger charge is 2.15. The van der Waals surface area contributed by atoms with E-state index in [0.29, 0.717) is 38.3 Å². The summed E-state index contributed by atoms with van der Waals surface area (Å²) in [6.07, 6.45) is 2.01. The lowest BCUT2D eigenvalue weighted by atomic mass is 10.2. The van der Waals surface area contributed by atoms with Crippen LogP contribution in [0.5, 0.6) is 0 Å². The first-order chi connectivity index (χ1) is 12.1. The number of hydrogen-bond donors (Lipinski definition) is 2. The van der Waals surface area contributed by atoms with E-state index in [0.717, 1.165) is 11.3 Å². The number of halogens is 1. The maximum atomic E-state index is 12.9. The SMILES string of the molecule is O=C1CCN(c2ccnc(C(=O)NCc3ccc(F)cc3)c2)CCN1. The monoisotopic (exact) mass is 342 g/mol. The van der Waals surface area contributed by atoms with Gasteiger partial charge in [-0.3, -0.25) is 14.6 Å². The van der Waals surface area contributed by atoms with Crippen molar-refractivity contribution in [2.75, 3.05) is 24.5 Å². The van der Waals surface area contributed by atoms with Crippen LogP contribution in [0, 0.1) is 5.82 Å². The van der Waals surface area contributed by atoms with E-state index in [-0.39, 0.29) is 17.6 Å². The number of nitrogens with zero attached hydrogens (tertiary/aromatic N) is 2. The fraction of sp³-hybridized carbons (Fsp3) is 0.278. The summed E-state index contributed by atoms with van der Waals surface area (Å²) in [6, 6.07) is 9.51. The molecule has 3 rings (SSSR count). The summed E-state index contributed by atoms with van der Waals surface area (Å²) < 4.78 is 12.9. The highest BCUT2D eigenvalue weighted by Crippen LogP contribution is 2.16. The van der Waals surface area contributed by atoms with Crippen LogP contribution in [0.15, 0.2) is 42.6 Å². The molecule has 0 saturated carbocycles. The molecule has 25 heavy (non-hydrogen) atoms. The van der Waals surface area contributed by atoms with Crippen molar-refractivity contribution < 1.29 is 14.0 Å². The van der Waals surface area contributed by atoms with Crippen LogP contribution in [0.1, 0.15) is 22.5 Å². The quantitative estimate of drug-likeness (QED) is 0.883. The van der Waals surface area contributed by atoms with Crippen molar-refractivity contribution in [3.63, 3.8) is 0 Å². The Bertz CT molecular complexity index is 764. The summed E-state index contributed by atoms with van der Waals surface area (Å²) in [6.45, 7) is 2.17. The number of amides is 2. The molecule has 0 atom stereocenters. The van der Waals surface area contributed by atoms with Gasteiger partial charge in [-0.1, -0.05) is 12.1 Å². The number of nitrogens with one attached hydrogen (secondary N) is 2. The van der Waals surface area contributed by atoms with Gasteiger partial charge in [-0.25, -0.2) is 4.39 Å². The smallest absolute Gasteiger partial charge is 0.270 e. The molecule has 0 bridgehead atoms. The Morgan fingerprint density at radius 3 is 2.84 bits per heavy atom. The highest BCUT2D eigenvalue weighted by molar-refractivity contribution is 5.93. The molecule has 0 aliphatic carbocycles. The van der Waals surface area contributed by atoms with Gasteiger partial charge in [0.05, 0.1) is 0 Å². The van der Waals surface area contributed by atoms with Crippen LogP contribution in [0.2, 0.25) is 0 Å². The molecular weight excluding hydrogens is 323 g/mol. The zero-order chi connectivity index (χ0) is 17.6. The first-order valence-electron chi connectivity index (χ1n) is 8.12. The fourth-order valence-electron chi connectivity index (χ4n) is 2.64. The number of rotatable bonds is 4. The van der Waals surface area contributed by atoms with E-state index in [1.807, 2.05) is 6.07 Å². The van der Waals surface area contributed by atoms with Gasteiger partial charge in [0.15, 0.2) is 0 Å². The van der Waals surface area contributed by atoms with E-state index < -0.39 is 0 Å². The Morgan fingerprint density at radius 1 is 1.24 bits per heavy atom. The van der Waals surface area contributed by atoms with E-state index in [4.69, 9.17) is 0 Å². The number of anilines is 1. The number of carbonyl (C=O) groups excluding carboxylic acids is 2. The van der Waals surface area contributed by atoms with E-state index in [2.05, 4.69) is 20.5 Å². The van der Waals surface area contributed by atoms with Crippen molar-refractivity contribution in [3.8, 4) is 0 Å². The highest BCUT2D eigenvalue weighted by atomic mass is 19.1. The number of carbonyl (C=O) groups is 2. The molecule has 1 saturated heterocycles. The van der Waals surface area contributed by atoms with Gasteiger partial charge in [0.25, 0.3) is 5.91 Å². The van der Waals surface area contributed by atoms with Gasteiger partial charge in [0.2, 0.25) is 5.91 Å². The van der Waals surface area contributed by atoms with Crippen LogP contribution in [0.25, 0.3) is 0 Å². The minimum atomic E-state index is -0.310. The lowest BCUT2D eigenvalue weighted by Crippen LogP contribution is -2.29. The Morgan fingerprint density at radius 2 is 2.04 bits per heavy atom. The third kappa shape index (κ3) is 4.53. The molecule has 1 fully saturated rings.